The van der Waals surface area contributed by atoms with E-state index in [2.05, 4.69) is 20.8 Å². The molecule has 0 spiro atoms. The molecular formula is C9H20OSi. The molecule has 0 amide bonds. The Bertz CT molecular complexity index is 111. The van der Waals surface area contributed by atoms with Gasteiger partial charge >= 0.3 is 0 Å². The molecule has 1 aliphatic carbocycles. The largest absolute Gasteiger partial charge is 0.419 e. The van der Waals surface area contributed by atoms with Crippen molar-refractivity contribution in [2.45, 2.75) is 57.6 Å². The summed E-state index contributed by atoms with van der Waals surface area (Å²) in [5, 5.41) is 0. The predicted octanol–water partition coefficient (Wildman–Crippen LogP) is 2.25. The Labute approximate surface area is 72.5 Å². The molecule has 0 N–H and O–H groups in total. The van der Waals surface area contributed by atoms with E-state index in [4.69, 9.17) is 4.43 Å². The van der Waals surface area contributed by atoms with Crippen LogP contribution in [0.4, 0.5) is 0 Å². The van der Waals surface area contributed by atoms with E-state index in [1.165, 1.54) is 25.7 Å². The fourth-order valence-corrected chi connectivity index (χ4v) is 3.19. The molecule has 0 aromatic heterocycles. The van der Waals surface area contributed by atoms with Crippen molar-refractivity contribution in [1.82, 2.24) is 0 Å². The van der Waals surface area contributed by atoms with Gasteiger partial charge in [0.15, 0.2) is 9.76 Å². The van der Waals surface area contributed by atoms with Gasteiger partial charge in [0, 0.05) is 5.60 Å². The monoisotopic (exact) mass is 172 g/mol. The van der Waals surface area contributed by atoms with Crippen molar-refractivity contribution in [1.29, 1.82) is 0 Å². The van der Waals surface area contributed by atoms with E-state index < -0.39 is 0 Å². The number of hydrogen-bond donors (Lipinski definition) is 0. The Morgan fingerprint density at radius 2 is 1.73 bits per heavy atom. The van der Waals surface area contributed by atoms with Crippen LogP contribution < -0.4 is 0 Å². The third-order valence-electron chi connectivity index (χ3n) is 2.23. The topological polar surface area (TPSA) is 9.23 Å². The second-order valence-electron chi connectivity index (χ2n) is 4.57. The van der Waals surface area contributed by atoms with Gasteiger partial charge in [-0.05, 0) is 26.3 Å². The quantitative estimate of drug-likeness (QED) is 0.581. The summed E-state index contributed by atoms with van der Waals surface area (Å²) in [6.07, 6.45) is 5.79. The first kappa shape index (κ1) is 9.27. The summed E-state index contributed by atoms with van der Waals surface area (Å²) in [4.78, 5) is 0. The normalized spacial score (nSPS) is 22.1. The lowest BCUT2D eigenvalue weighted by molar-refractivity contribution is 0.135. The van der Waals surface area contributed by atoms with E-state index in [9.17, 15) is 0 Å². The van der Waals surface area contributed by atoms with Crippen molar-refractivity contribution in [2.75, 3.05) is 0 Å². The fourth-order valence-electron chi connectivity index (χ4n) is 1.54. The molecule has 0 saturated heterocycles. The highest BCUT2D eigenvalue weighted by Crippen LogP contribution is 2.30. The standard InChI is InChI=1S/C9H20OSi/c1-9(2,3)10-11-8-6-4-5-7-8/h8H,4-7,11H2,1-3H3. The summed E-state index contributed by atoms with van der Waals surface area (Å²) in [6.45, 7) is 6.48. The second-order valence-corrected chi connectivity index (χ2v) is 6.35. The molecule has 0 aliphatic heterocycles. The van der Waals surface area contributed by atoms with Crippen molar-refractivity contribution in [3.05, 3.63) is 0 Å². The summed E-state index contributed by atoms with van der Waals surface area (Å²) < 4.78 is 5.85. The average Bonchev–Trinajstić information content (AvgIpc) is 2.32. The van der Waals surface area contributed by atoms with Crippen LogP contribution >= 0.6 is 0 Å². The molecule has 0 bridgehead atoms. The minimum absolute atomic E-state index is 0.120. The predicted molar refractivity (Wildman–Crippen MR) is 51.6 cm³/mol. The van der Waals surface area contributed by atoms with E-state index in [0.717, 1.165) is 5.54 Å². The van der Waals surface area contributed by atoms with Crippen molar-refractivity contribution in [2.24, 2.45) is 0 Å². The Morgan fingerprint density at radius 3 is 2.18 bits per heavy atom. The van der Waals surface area contributed by atoms with Crippen molar-refractivity contribution >= 4 is 9.76 Å². The lowest BCUT2D eigenvalue weighted by Crippen LogP contribution is -2.23. The first-order valence-electron chi connectivity index (χ1n) is 4.72. The zero-order chi connectivity index (χ0) is 8.32. The Hall–Kier alpha value is 0.177. The average molecular weight is 172 g/mol. The van der Waals surface area contributed by atoms with Crippen LogP contribution in [0.3, 0.4) is 0 Å². The summed E-state index contributed by atoms with van der Waals surface area (Å²) >= 11 is 0. The highest BCUT2D eigenvalue weighted by atomic mass is 28.2. The summed E-state index contributed by atoms with van der Waals surface area (Å²) in [7, 11) is -0.216. The minimum atomic E-state index is -0.216. The summed E-state index contributed by atoms with van der Waals surface area (Å²) in [5.41, 5.74) is 1.11. The number of rotatable bonds is 2. The van der Waals surface area contributed by atoms with Crippen LogP contribution in [-0.4, -0.2) is 15.4 Å². The van der Waals surface area contributed by atoms with Crippen molar-refractivity contribution < 1.29 is 4.43 Å². The highest BCUT2D eigenvalue weighted by Gasteiger charge is 2.19. The molecule has 2 heteroatoms. The van der Waals surface area contributed by atoms with E-state index in [1.807, 2.05) is 0 Å². The van der Waals surface area contributed by atoms with Gasteiger partial charge in [-0.25, -0.2) is 0 Å². The van der Waals surface area contributed by atoms with Crippen LogP contribution in [0, 0.1) is 0 Å². The molecule has 1 nitrogen and oxygen atoms in total. The fraction of sp³-hybridized carbons (Fsp3) is 1.00. The van der Waals surface area contributed by atoms with Crippen LogP contribution in [0.2, 0.25) is 5.54 Å². The molecular weight excluding hydrogens is 152 g/mol. The molecule has 11 heavy (non-hydrogen) atoms. The molecule has 0 aromatic rings. The second kappa shape index (κ2) is 3.72. The molecule has 1 aliphatic rings. The van der Waals surface area contributed by atoms with Gasteiger partial charge in [-0.15, -0.1) is 0 Å². The van der Waals surface area contributed by atoms with E-state index >= 15 is 0 Å². The molecule has 1 fully saturated rings. The lowest BCUT2D eigenvalue weighted by Gasteiger charge is -2.22. The molecule has 0 aromatic carbocycles. The third kappa shape index (κ3) is 3.92. The zero-order valence-corrected chi connectivity index (χ0v) is 9.44. The maximum Gasteiger partial charge on any atom is 0.165 e. The molecule has 0 unspecified atom stereocenters. The maximum absolute atomic E-state index is 5.85. The molecule has 0 heterocycles. The van der Waals surface area contributed by atoms with Crippen LogP contribution in [0.25, 0.3) is 0 Å². The minimum Gasteiger partial charge on any atom is -0.419 e. The van der Waals surface area contributed by atoms with Crippen molar-refractivity contribution in [3.8, 4) is 0 Å². The molecule has 1 rings (SSSR count). The highest BCUT2D eigenvalue weighted by molar-refractivity contribution is 6.29. The van der Waals surface area contributed by atoms with Crippen LogP contribution in [0.15, 0.2) is 0 Å². The molecule has 66 valence electrons. The van der Waals surface area contributed by atoms with Gasteiger partial charge in [0.05, 0.1) is 0 Å². The molecule has 0 atom stereocenters. The maximum atomic E-state index is 5.85. The Balaban J connectivity index is 2.11. The summed E-state index contributed by atoms with van der Waals surface area (Å²) in [6, 6.07) is 0. The van der Waals surface area contributed by atoms with Crippen molar-refractivity contribution in [3.63, 3.8) is 0 Å². The first-order chi connectivity index (χ1) is 5.08. The lowest BCUT2D eigenvalue weighted by atomic mass is 10.2. The molecule has 1 saturated carbocycles. The smallest absolute Gasteiger partial charge is 0.165 e. The van der Waals surface area contributed by atoms with Gasteiger partial charge in [-0.3, -0.25) is 0 Å². The van der Waals surface area contributed by atoms with E-state index in [-0.39, 0.29) is 15.4 Å². The van der Waals surface area contributed by atoms with Gasteiger partial charge in [-0.2, -0.15) is 0 Å². The SMILES string of the molecule is CC(C)(C)O[SiH2]C1CCCC1. The Morgan fingerprint density at radius 1 is 1.18 bits per heavy atom. The van der Waals surface area contributed by atoms with Gasteiger partial charge in [0.2, 0.25) is 0 Å². The van der Waals surface area contributed by atoms with Crippen LogP contribution in [-0.2, 0) is 4.43 Å². The van der Waals surface area contributed by atoms with Gasteiger partial charge in [0.1, 0.15) is 0 Å². The van der Waals surface area contributed by atoms with Gasteiger partial charge < -0.3 is 4.43 Å². The summed E-state index contributed by atoms with van der Waals surface area (Å²) in [5.74, 6) is 0. The first-order valence-corrected chi connectivity index (χ1v) is 6.11. The van der Waals surface area contributed by atoms with Gasteiger partial charge in [-0.1, -0.05) is 25.7 Å². The third-order valence-corrected chi connectivity index (χ3v) is 4.55. The van der Waals surface area contributed by atoms with Crippen LogP contribution in [0.1, 0.15) is 46.5 Å². The van der Waals surface area contributed by atoms with Crippen LogP contribution in [0.5, 0.6) is 0 Å². The van der Waals surface area contributed by atoms with Gasteiger partial charge in [0.25, 0.3) is 0 Å². The number of hydrogen-bond acceptors (Lipinski definition) is 1. The zero-order valence-electron chi connectivity index (χ0n) is 8.02. The Kier molecular flexibility index (Phi) is 3.13. The van der Waals surface area contributed by atoms with E-state index in [0.29, 0.717) is 0 Å². The van der Waals surface area contributed by atoms with E-state index in [1.54, 1.807) is 0 Å². The molecule has 0 radical (unpaired) electrons.